The van der Waals surface area contributed by atoms with Crippen LogP contribution in [0.3, 0.4) is 0 Å². The second-order valence-electron chi connectivity index (χ2n) is 9.66. The summed E-state index contributed by atoms with van der Waals surface area (Å²) >= 11 is 0. The van der Waals surface area contributed by atoms with Crippen molar-refractivity contribution in [3.05, 3.63) is 100 Å². The van der Waals surface area contributed by atoms with E-state index in [1.807, 2.05) is 73.3 Å². The number of para-hydroxylation sites is 1. The quantitative estimate of drug-likeness (QED) is 0.433. The molecule has 0 saturated heterocycles. The summed E-state index contributed by atoms with van der Waals surface area (Å²) in [5, 5.41) is 0. The maximum Gasteiger partial charge on any atom is 0.232 e. The first-order valence-electron chi connectivity index (χ1n) is 12.3. The van der Waals surface area contributed by atoms with Gasteiger partial charge in [-0.2, -0.15) is 0 Å². The number of methoxy groups -OCH3 is 2. The zero-order valence-corrected chi connectivity index (χ0v) is 21.2. The number of anilines is 1. The average molecular weight is 482 g/mol. The molecule has 5 rings (SSSR count). The molecule has 36 heavy (non-hydrogen) atoms. The summed E-state index contributed by atoms with van der Waals surface area (Å²) in [7, 11) is 3.19. The number of ketones is 1. The number of aryl methyl sites for hydroxylation is 2. The van der Waals surface area contributed by atoms with Crippen molar-refractivity contribution in [3.8, 4) is 11.5 Å². The van der Waals surface area contributed by atoms with Crippen molar-refractivity contribution in [2.75, 3.05) is 19.1 Å². The van der Waals surface area contributed by atoms with Crippen molar-refractivity contribution in [2.45, 2.75) is 44.9 Å². The van der Waals surface area contributed by atoms with E-state index in [0.717, 1.165) is 33.6 Å². The Kier molecular flexibility index (Phi) is 6.40. The van der Waals surface area contributed by atoms with Crippen LogP contribution >= 0.6 is 0 Å². The number of carbonyl (C=O) groups excluding carboxylic acids is 2. The number of Topliss-reactive ketones (excluding diaryl/α,β-unsaturated/α-hetero) is 1. The fourth-order valence-electron chi connectivity index (χ4n) is 5.69. The first-order chi connectivity index (χ1) is 17.4. The molecule has 0 N–H and O–H groups in total. The van der Waals surface area contributed by atoms with Crippen molar-refractivity contribution in [2.24, 2.45) is 0 Å². The van der Waals surface area contributed by atoms with Crippen molar-refractivity contribution in [1.29, 1.82) is 0 Å². The molecule has 1 aliphatic heterocycles. The minimum absolute atomic E-state index is 0.0150. The minimum atomic E-state index is -0.386. The van der Waals surface area contributed by atoms with Gasteiger partial charge in [0, 0.05) is 35.6 Å². The first-order valence-corrected chi connectivity index (χ1v) is 12.3. The molecule has 1 amide bonds. The number of nitrogens with zero attached hydrogens (tertiary/aromatic N) is 1. The smallest absolute Gasteiger partial charge is 0.232 e. The Morgan fingerprint density at radius 1 is 0.833 bits per heavy atom. The van der Waals surface area contributed by atoms with Crippen molar-refractivity contribution >= 4 is 17.4 Å². The highest BCUT2D eigenvalue weighted by molar-refractivity contribution is 6.08. The molecule has 0 aromatic heterocycles. The lowest BCUT2D eigenvalue weighted by Crippen LogP contribution is -2.42. The zero-order chi connectivity index (χ0) is 25.4. The van der Waals surface area contributed by atoms with Crippen LogP contribution in [0.15, 0.2) is 78.0 Å². The zero-order valence-electron chi connectivity index (χ0n) is 21.2. The van der Waals surface area contributed by atoms with Crippen LogP contribution in [0.2, 0.25) is 0 Å². The van der Waals surface area contributed by atoms with E-state index in [-0.39, 0.29) is 29.9 Å². The molecule has 2 aliphatic rings. The maximum atomic E-state index is 13.9. The highest BCUT2D eigenvalue weighted by atomic mass is 16.5. The van der Waals surface area contributed by atoms with Gasteiger partial charge in [0.05, 0.1) is 19.9 Å². The van der Waals surface area contributed by atoms with E-state index in [4.69, 9.17) is 9.47 Å². The summed E-state index contributed by atoms with van der Waals surface area (Å²) in [5.74, 6) is 0.864. The third-order valence-corrected chi connectivity index (χ3v) is 7.41. The molecule has 0 saturated carbocycles. The summed E-state index contributed by atoms with van der Waals surface area (Å²) in [5.41, 5.74) is 6.38. The van der Waals surface area contributed by atoms with Gasteiger partial charge in [-0.1, -0.05) is 54.6 Å². The summed E-state index contributed by atoms with van der Waals surface area (Å²) in [6, 6.07) is 21.9. The summed E-state index contributed by atoms with van der Waals surface area (Å²) in [6.45, 7) is 4.04. The number of carbonyl (C=O) groups is 2. The lowest BCUT2D eigenvalue weighted by molar-refractivity contribution is -0.120. The molecule has 0 fully saturated rings. The third kappa shape index (κ3) is 4.09. The van der Waals surface area contributed by atoms with Crippen LogP contribution in [0.5, 0.6) is 11.5 Å². The van der Waals surface area contributed by atoms with Crippen LogP contribution in [0.25, 0.3) is 0 Å². The highest BCUT2D eigenvalue weighted by Crippen LogP contribution is 2.50. The van der Waals surface area contributed by atoms with E-state index >= 15 is 0 Å². The maximum absolute atomic E-state index is 13.9. The lowest BCUT2D eigenvalue weighted by Gasteiger charge is -2.41. The van der Waals surface area contributed by atoms with Gasteiger partial charge >= 0.3 is 0 Å². The van der Waals surface area contributed by atoms with Gasteiger partial charge in [-0.25, -0.2) is 0 Å². The molecule has 2 atom stereocenters. The van der Waals surface area contributed by atoms with E-state index in [2.05, 4.69) is 12.1 Å². The molecular weight excluding hydrogens is 450 g/mol. The molecule has 1 heterocycles. The van der Waals surface area contributed by atoms with Crippen LogP contribution < -0.4 is 14.4 Å². The van der Waals surface area contributed by atoms with Gasteiger partial charge in [-0.05, 0) is 55.0 Å². The Morgan fingerprint density at radius 2 is 1.61 bits per heavy atom. The molecule has 0 spiro atoms. The van der Waals surface area contributed by atoms with Crippen LogP contribution in [-0.4, -0.2) is 25.9 Å². The van der Waals surface area contributed by atoms with Gasteiger partial charge < -0.3 is 9.47 Å². The summed E-state index contributed by atoms with van der Waals surface area (Å²) < 4.78 is 11.3. The number of rotatable bonds is 5. The third-order valence-electron chi connectivity index (χ3n) is 7.41. The predicted molar refractivity (Wildman–Crippen MR) is 141 cm³/mol. The molecule has 5 nitrogen and oxygen atoms in total. The Bertz CT molecular complexity index is 1360. The SMILES string of the molecule is COc1cccc(C2CC(=O)N(c3cc(C)ccc3C)C3=C2C(=O)CC(c2ccccc2)C3)c1OC. The monoisotopic (exact) mass is 481 g/mol. The lowest BCUT2D eigenvalue weighted by atomic mass is 9.72. The average Bonchev–Trinajstić information content (AvgIpc) is 2.89. The molecule has 0 bridgehead atoms. The number of hydrogen-bond acceptors (Lipinski definition) is 4. The van der Waals surface area contributed by atoms with E-state index in [1.165, 1.54) is 0 Å². The second-order valence-corrected chi connectivity index (χ2v) is 9.66. The fraction of sp³-hybridized carbons (Fsp3) is 0.290. The molecule has 184 valence electrons. The summed E-state index contributed by atoms with van der Waals surface area (Å²) in [4.78, 5) is 29.6. The van der Waals surface area contributed by atoms with Crippen molar-refractivity contribution < 1.29 is 19.1 Å². The van der Waals surface area contributed by atoms with E-state index in [9.17, 15) is 9.59 Å². The topological polar surface area (TPSA) is 55.8 Å². The molecule has 0 radical (unpaired) electrons. The number of benzene rings is 3. The molecule has 3 aromatic carbocycles. The molecule has 5 heteroatoms. The minimum Gasteiger partial charge on any atom is -0.493 e. The molecular formula is C31H31NO4. The Hall–Kier alpha value is -3.86. The van der Waals surface area contributed by atoms with Gasteiger partial charge in [0.15, 0.2) is 17.3 Å². The number of hydrogen-bond donors (Lipinski definition) is 0. The number of ether oxygens (including phenoxy) is 2. The van der Waals surface area contributed by atoms with Crippen LogP contribution in [-0.2, 0) is 9.59 Å². The number of amides is 1. The van der Waals surface area contributed by atoms with E-state index in [1.54, 1.807) is 14.2 Å². The predicted octanol–water partition coefficient (Wildman–Crippen LogP) is 6.24. The summed E-state index contributed by atoms with van der Waals surface area (Å²) in [6.07, 6.45) is 1.23. The van der Waals surface area contributed by atoms with Gasteiger partial charge in [0.25, 0.3) is 0 Å². The molecule has 2 unspecified atom stereocenters. The van der Waals surface area contributed by atoms with Crippen molar-refractivity contribution in [1.82, 2.24) is 0 Å². The van der Waals surface area contributed by atoms with Crippen LogP contribution in [0.4, 0.5) is 5.69 Å². The Morgan fingerprint density at radius 3 is 2.33 bits per heavy atom. The van der Waals surface area contributed by atoms with Crippen LogP contribution in [0, 0.1) is 13.8 Å². The fourth-order valence-corrected chi connectivity index (χ4v) is 5.69. The number of allylic oxidation sites excluding steroid dienone is 2. The normalized spacial score (nSPS) is 19.8. The molecule has 3 aromatic rings. The second kappa shape index (κ2) is 9.65. The van der Waals surface area contributed by atoms with Gasteiger partial charge in [-0.15, -0.1) is 0 Å². The van der Waals surface area contributed by atoms with Gasteiger partial charge in [-0.3, -0.25) is 14.5 Å². The van der Waals surface area contributed by atoms with Gasteiger partial charge in [0.1, 0.15) is 0 Å². The standard InChI is InChI=1S/C31H31NO4/c1-19-13-14-20(2)25(15-19)32-26-16-22(21-9-6-5-7-10-21)17-27(33)30(26)24(18-29(32)34)23-11-8-12-28(35-3)31(23)36-4/h5-15,22,24H,16-18H2,1-4H3. The van der Waals surface area contributed by atoms with Crippen molar-refractivity contribution in [3.63, 3.8) is 0 Å². The Labute approximate surface area is 212 Å². The highest BCUT2D eigenvalue weighted by Gasteiger charge is 2.43. The van der Waals surface area contributed by atoms with E-state index < -0.39 is 0 Å². The van der Waals surface area contributed by atoms with Crippen LogP contribution in [0.1, 0.15) is 53.4 Å². The van der Waals surface area contributed by atoms with Gasteiger partial charge in [0.2, 0.25) is 5.91 Å². The molecule has 1 aliphatic carbocycles. The van der Waals surface area contributed by atoms with E-state index in [0.29, 0.717) is 29.9 Å². The Balaban J connectivity index is 1.72. The largest absolute Gasteiger partial charge is 0.493 e. The first kappa shape index (κ1) is 23.9.